The van der Waals surface area contributed by atoms with Crippen molar-refractivity contribution >= 4 is 5.97 Å². The Labute approximate surface area is 84.9 Å². The number of fused-ring (bicyclic) bond motifs is 1. The van der Waals surface area contributed by atoms with Crippen LogP contribution in [0, 0.1) is 17.8 Å². The van der Waals surface area contributed by atoms with Crippen molar-refractivity contribution < 1.29 is 9.90 Å². The summed E-state index contributed by atoms with van der Waals surface area (Å²) in [4.78, 5) is 11.1. The first-order valence-electron chi connectivity index (χ1n) is 5.64. The van der Waals surface area contributed by atoms with E-state index in [0.717, 1.165) is 25.8 Å². The van der Waals surface area contributed by atoms with Gasteiger partial charge in [0.1, 0.15) is 0 Å². The van der Waals surface area contributed by atoms with Gasteiger partial charge in [0, 0.05) is 6.04 Å². The second-order valence-electron chi connectivity index (χ2n) is 4.88. The Bertz CT molecular complexity index is 229. The molecule has 2 rings (SSSR count). The summed E-state index contributed by atoms with van der Waals surface area (Å²) in [6.07, 6.45) is 4.31. The van der Waals surface area contributed by atoms with Crippen LogP contribution in [0.25, 0.3) is 0 Å². The molecule has 1 saturated heterocycles. The molecule has 2 N–H and O–H groups in total. The minimum atomic E-state index is -0.587. The Morgan fingerprint density at radius 2 is 2.14 bits per heavy atom. The molecular weight excluding hydrogens is 178 g/mol. The zero-order chi connectivity index (χ0) is 10.1. The lowest BCUT2D eigenvalue weighted by atomic mass is 9.70. The smallest absolute Gasteiger partial charge is 0.306 e. The fourth-order valence-corrected chi connectivity index (χ4v) is 3.07. The molecule has 4 unspecified atom stereocenters. The lowest BCUT2D eigenvalue weighted by Gasteiger charge is -2.42. The fourth-order valence-electron chi connectivity index (χ4n) is 3.07. The Morgan fingerprint density at radius 1 is 1.36 bits per heavy atom. The molecule has 1 heterocycles. The third-order valence-electron chi connectivity index (χ3n) is 3.86. The molecule has 1 saturated carbocycles. The number of hydrogen-bond donors (Lipinski definition) is 2. The van der Waals surface area contributed by atoms with Crippen molar-refractivity contribution in [2.45, 2.75) is 38.6 Å². The molecule has 1 aliphatic carbocycles. The number of rotatable bonds is 1. The summed E-state index contributed by atoms with van der Waals surface area (Å²) in [5, 5.41) is 12.6. The number of carbonyl (C=O) groups is 1. The molecule has 0 amide bonds. The minimum Gasteiger partial charge on any atom is -0.481 e. The van der Waals surface area contributed by atoms with Crippen LogP contribution < -0.4 is 5.32 Å². The highest BCUT2D eigenvalue weighted by Crippen LogP contribution is 2.37. The van der Waals surface area contributed by atoms with E-state index in [0.29, 0.717) is 17.9 Å². The fraction of sp³-hybridized carbons (Fsp3) is 0.909. The SMILES string of the molecule is CC1CCC2NCCC(C(=O)O)C2C1. The maximum Gasteiger partial charge on any atom is 0.306 e. The molecule has 1 aliphatic heterocycles. The first kappa shape index (κ1) is 9.97. The Kier molecular flexibility index (Phi) is 2.77. The lowest BCUT2D eigenvalue weighted by molar-refractivity contribution is -0.146. The summed E-state index contributed by atoms with van der Waals surface area (Å²) < 4.78 is 0. The summed E-state index contributed by atoms with van der Waals surface area (Å²) in [5.41, 5.74) is 0. The molecule has 14 heavy (non-hydrogen) atoms. The summed E-state index contributed by atoms with van der Waals surface area (Å²) in [7, 11) is 0. The van der Waals surface area contributed by atoms with Gasteiger partial charge in [-0.05, 0) is 44.1 Å². The molecular formula is C11H19NO2. The summed E-state index contributed by atoms with van der Waals surface area (Å²) in [6, 6.07) is 0.473. The predicted molar refractivity (Wildman–Crippen MR) is 54.0 cm³/mol. The second kappa shape index (κ2) is 3.89. The van der Waals surface area contributed by atoms with E-state index in [4.69, 9.17) is 5.11 Å². The van der Waals surface area contributed by atoms with Crippen molar-refractivity contribution in [2.24, 2.45) is 17.8 Å². The van der Waals surface area contributed by atoms with E-state index in [1.54, 1.807) is 0 Å². The topological polar surface area (TPSA) is 49.3 Å². The maximum atomic E-state index is 11.1. The predicted octanol–water partition coefficient (Wildman–Crippen LogP) is 1.49. The van der Waals surface area contributed by atoms with E-state index in [1.165, 1.54) is 6.42 Å². The van der Waals surface area contributed by atoms with Gasteiger partial charge >= 0.3 is 5.97 Å². The number of hydrogen-bond acceptors (Lipinski definition) is 2. The molecule has 3 nitrogen and oxygen atoms in total. The van der Waals surface area contributed by atoms with Crippen LogP contribution in [-0.2, 0) is 4.79 Å². The number of piperidine rings is 1. The summed E-state index contributed by atoms with van der Waals surface area (Å²) >= 11 is 0. The molecule has 2 aliphatic rings. The highest BCUT2D eigenvalue weighted by atomic mass is 16.4. The normalized spacial score (nSPS) is 42.9. The third-order valence-corrected chi connectivity index (χ3v) is 3.86. The van der Waals surface area contributed by atoms with Crippen molar-refractivity contribution in [3.05, 3.63) is 0 Å². The summed E-state index contributed by atoms with van der Waals surface area (Å²) in [5.74, 6) is 0.405. The molecule has 0 aromatic rings. The molecule has 0 aromatic heterocycles. The Hall–Kier alpha value is -0.570. The molecule has 0 aromatic carbocycles. The molecule has 2 fully saturated rings. The maximum absolute atomic E-state index is 11.1. The van der Waals surface area contributed by atoms with Crippen LogP contribution in [0.3, 0.4) is 0 Å². The molecule has 80 valence electrons. The minimum absolute atomic E-state index is 0.0935. The lowest BCUT2D eigenvalue weighted by Crippen LogP contribution is -2.50. The van der Waals surface area contributed by atoms with E-state index in [2.05, 4.69) is 12.2 Å². The van der Waals surface area contributed by atoms with Crippen LogP contribution in [0.1, 0.15) is 32.6 Å². The highest BCUT2D eigenvalue weighted by Gasteiger charge is 2.40. The zero-order valence-electron chi connectivity index (χ0n) is 8.70. The van der Waals surface area contributed by atoms with Crippen LogP contribution >= 0.6 is 0 Å². The van der Waals surface area contributed by atoms with Crippen LogP contribution in [0.4, 0.5) is 0 Å². The number of carboxylic acids is 1. The van der Waals surface area contributed by atoms with Gasteiger partial charge in [-0.25, -0.2) is 0 Å². The van der Waals surface area contributed by atoms with Crippen LogP contribution in [0.2, 0.25) is 0 Å². The van der Waals surface area contributed by atoms with Crippen LogP contribution in [0.15, 0.2) is 0 Å². The molecule has 0 bridgehead atoms. The van der Waals surface area contributed by atoms with Crippen LogP contribution in [0.5, 0.6) is 0 Å². The van der Waals surface area contributed by atoms with Gasteiger partial charge in [-0.2, -0.15) is 0 Å². The number of aliphatic carboxylic acids is 1. The van der Waals surface area contributed by atoms with E-state index in [-0.39, 0.29) is 5.92 Å². The Balaban J connectivity index is 2.08. The molecule has 3 heteroatoms. The largest absolute Gasteiger partial charge is 0.481 e. The van der Waals surface area contributed by atoms with E-state index in [9.17, 15) is 4.79 Å². The van der Waals surface area contributed by atoms with E-state index >= 15 is 0 Å². The number of carboxylic acid groups (broad SMARTS) is 1. The average Bonchev–Trinajstić information content (AvgIpc) is 2.16. The molecule has 0 spiro atoms. The van der Waals surface area contributed by atoms with Gasteiger partial charge in [0.2, 0.25) is 0 Å². The van der Waals surface area contributed by atoms with Gasteiger partial charge in [-0.1, -0.05) is 6.92 Å². The third kappa shape index (κ3) is 1.78. The van der Waals surface area contributed by atoms with E-state index in [1.807, 2.05) is 0 Å². The first-order valence-corrected chi connectivity index (χ1v) is 5.64. The average molecular weight is 197 g/mol. The number of nitrogens with one attached hydrogen (secondary N) is 1. The molecule has 0 radical (unpaired) electrons. The van der Waals surface area contributed by atoms with Crippen molar-refractivity contribution in [1.82, 2.24) is 5.32 Å². The van der Waals surface area contributed by atoms with Gasteiger partial charge in [0.05, 0.1) is 5.92 Å². The van der Waals surface area contributed by atoms with Gasteiger partial charge in [-0.15, -0.1) is 0 Å². The van der Waals surface area contributed by atoms with Crippen molar-refractivity contribution in [1.29, 1.82) is 0 Å². The van der Waals surface area contributed by atoms with Gasteiger partial charge in [-0.3, -0.25) is 4.79 Å². The second-order valence-corrected chi connectivity index (χ2v) is 4.88. The standard InChI is InChI=1S/C11H19NO2/c1-7-2-3-10-9(6-7)8(11(13)14)4-5-12-10/h7-10,12H,2-6H2,1H3,(H,13,14). The highest BCUT2D eigenvalue weighted by molar-refractivity contribution is 5.70. The first-order chi connectivity index (χ1) is 6.68. The quantitative estimate of drug-likeness (QED) is 0.669. The monoisotopic (exact) mass is 197 g/mol. The van der Waals surface area contributed by atoms with Crippen molar-refractivity contribution in [3.8, 4) is 0 Å². The van der Waals surface area contributed by atoms with E-state index < -0.39 is 5.97 Å². The Morgan fingerprint density at radius 3 is 2.86 bits per heavy atom. The van der Waals surface area contributed by atoms with Crippen molar-refractivity contribution in [3.63, 3.8) is 0 Å². The summed E-state index contributed by atoms with van der Waals surface area (Å²) in [6.45, 7) is 3.12. The van der Waals surface area contributed by atoms with Gasteiger partial charge < -0.3 is 10.4 Å². The molecule has 4 atom stereocenters. The van der Waals surface area contributed by atoms with Crippen LogP contribution in [-0.4, -0.2) is 23.7 Å². The zero-order valence-corrected chi connectivity index (χ0v) is 8.70. The van der Waals surface area contributed by atoms with Gasteiger partial charge in [0.25, 0.3) is 0 Å². The van der Waals surface area contributed by atoms with Crippen molar-refractivity contribution in [2.75, 3.05) is 6.54 Å². The van der Waals surface area contributed by atoms with Gasteiger partial charge in [0.15, 0.2) is 0 Å².